The Balaban J connectivity index is 1.97. The maximum atomic E-state index is 11.3. The molecule has 2 aliphatic heterocycles. The van der Waals surface area contributed by atoms with Crippen LogP contribution in [0, 0.1) is 0 Å². The van der Waals surface area contributed by atoms with Crippen molar-refractivity contribution in [3.05, 3.63) is 30.3 Å². The van der Waals surface area contributed by atoms with E-state index in [1.165, 1.54) is 4.46 Å². The van der Waals surface area contributed by atoms with Gasteiger partial charge in [-0.05, 0) is 0 Å². The van der Waals surface area contributed by atoms with Gasteiger partial charge >= 0.3 is 197 Å². The Morgan fingerprint density at radius 1 is 0.871 bits per heavy atom. The van der Waals surface area contributed by atoms with E-state index in [0.717, 1.165) is 0 Å². The van der Waals surface area contributed by atoms with Crippen molar-refractivity contribution < 1.29 is 22.8 Å². The van der Waals surface area contributed by atoms with Crippen molar-refractivity contribution in [1.29, 1.82) is 0 Å². The molecule has 0 amide bonds. The molecule has 2 saturated heterocycles. The maximum absolute atomic E-state index is 11.3. The van der Waals surface area contributed by atoms with Gasteiger partial charge in [-0.15, -0.1) is 0 Å². The first-order valence-electron chi connectivity index (χ1n) is 11.6. The zero-order valence-electron chi connectivity index (χ0n) is 20.2. The van der Waals surface area contributed by atoms with Gasteiger partial charge in [-0.1, -0.05) is 0 Å². The number of ether oxygens (including phenoxy) is 1. The Labute approximate surface area is 196 Å². The topological polar surface area (TPSA) is 57.2 Å². The van der Waals surface area contributed by atoms with Crippen LogP contribution in [-0.4, -0.2) is 67.1 Å². The van der Waals surface area contributed by atoms with Gasteiger partial charge < -0.3 is 0 Å². The van der Waals surface area contributed by atoms with Gasteiger partial charge in [0.1, 0.15) is 0 Å². The Morgan fingerprint density at radius 3 is 1.94 bits per heavy atom. The number of hydrogen-bond donors (Lipinski definition) is 1. The fourth-order valence-electron chi connectivity index (χ4n) is 4.85. The van der Waals surface area contributed by atoms with E-state index < -0.39 is 29.3 Å². The molecule has 3 rings (SSSR count). The summed E-state index contributed by atoms with van der Waals surface area (Å²) in [7, 11) is -5.31. The van der Waals surface area contributed by atoms with E-state index in [-0.39, 0.29) is 37.1 Å². The molecule has 31 heavy (non-hydrogen) atoms. The zero-order valence-corrected chi connectivity index (χ0v) is 23.9. The van der Waals surface area contributed by atoms with Gasteiger partial charge in [0, 0.05) is 0 Å². The molecule has 0 aliphatic carbocycles. The summed E-state index contributed by atoms with van der Waals surface area (Å²) in [6, 6.07) is 10.3. The number of hydrogen-bond acceptors (Lipinski definition) is 5. The van der Waals surface area contributed by atoms with Crippen LogP contribution in [0.5, 0.6) is 0 Å². The van der Waals surface area contributed by atoms with Crippen molar-refractivity contribution in [3.8, 4) is 0 Å². The minimum absolute atomic E-state index is 0.00353. The molecule has 176 valence electrons. The summed E-state index contributed by atoms with van der Waals surface area (Å²) in [5, 5.41) is 11.1. The van der Waals surface area contributed by atoms with Crippen molar-refractivity contribution >= 4 is 36.5 Å². The Hall–Kier alpha value is -0.0268. The number of aliphatic hydroxyl groups excluding tert-OH is 1. The van der Waals surface area contributed by atoms with Crippen molar-refractivity contribution in [2.24, 2.45) is 0 Å². The van der Waals surface area contributed by atoms with Crippen LogP contribution >= 0.6 is 0 Å². The molecule has 1 N–H and O–H groups in total. The van der Waals surface area contributed by atoms with Gasteiger partial charge in [-0.3, -0.25) is 0 Å². The van der Waals surface area contributed by atoms with E-state index in [9.17, 15) is 5.11 Å². The average Bonchev–Trinajstić information content (AvgIpc) is 2.96. The van der Waals surface area contributed by atoms with Gasteiger partial charge in [0.2, 0.25) is 0 Å². The first-order chi connectivity index (χ1) is 14.5. The third kappa shape index (κ3) is 4.93. The average molecular weight is 532 g/mol. The van der Waals surface area contributed by atoms with E-state index in [1.54, 1.807) is 0 Å². The van der Waals surface area contributed by atoms with Gasteiger partial charge in [0.05, 0.1) is 0 Å². The van der Waals surface area contributed by atoms with Crippen LogP contribution in [0.3, 0.4) is 0 Å². The Morgan fingerprint density at radius 2 is 1.42 bits per heavy atom. The molecule has 1 aromatic carbocycles. The summed E-state index contributed by atoms with van der Waals surface area (Å²) < 4.78 is 28.6. The molecule has 0 radical (unpaired) electrons. The number of fused-ring (bicyclic) bond motifs is 1. The van der Waals surface area contributed by atoms with Crippen LogP contribution in [0.2, 0.25) is 22.2 Å². The van der Waals surface area contributed by atoms with Crippen LogP contribution in [0.25, 0.3) is 0 Å². The van der Waals surface area contributed by atoms with Crippen molar-refractivity contribution in [2.75, 3.05) is 6.61 Å². The second-order valence-corrected chi connectivity index (χ2v) is 21.3. The van der Waals surface area contributed by atoms with E-state index in [1.807, 2.05) is 18.2 Å². The first kappa shape index (κ1) is 25.6. The molecule has 5 nitrogen and oxygen atoms in total. The van der Waals surface area contributed by atoms with Crippen LogP contribution in [0.15, 0.2) is 30.3 Å². The zero-order chi connectivity index (χ0) is 23.0. The first-order valence-corrected chi connectivity index (χ1v) is 17.4. The molecule has 0 spiro atoms. The van der Waals surface area contributed by atoms with Crippen LogP contribution in [0.4, 0.5) is 0 Å². The SMILES string of the molecule is CC(C)[Si]1(C(C)C)OC[C@@H]2O[C@@H]([Se]c3ccccc3)[C@H](O)[C@H]2O[Si](C(C)C)(C(C)C)O1. The van der Waals surface area contributed by atoms with Gasteiger partial charge in [0.25, 0.3) is 0 Å². The fourth-order valence-corrected chi connectivity index (χ4v) is 18.3. The van der Waals surface area contributed by atoms with Gasteiger partial charge in [-0.2, -0.15) is 0 Å². The summed E-state index contributed by atoms with van der Waals surface area (Å²) in [4.78, 5) is 0. The molecule has 2 aliphatic rings. The molecular weight excluding hydrogens is 491 g/mol. The van der Waals surface area contributed by atoms with Crippen LogP contribution < -0.4 is 4.46 Å². The number of benzene rings is 1. The van der Waals surface area contributed by atoms with Crippen molar-refractivity contribution in [1.82, 2.24) is 0 Å². The molecule has 2 heterocycles. The summed E-state index contributed by atoms with van der Waals surface area (Å²) in [6.07, 6.45) is -1.34. The van der Waals surface area contributed by atoms with E-state index in [4.69, 9.17) is 17.7 Å². The second kappa shape index (κ2) is 10.1. The standard InChI is InChI=1S/C23H40O5SeSi2/c1-15(2)30(16(3)4)25-14-20-22(27-31(28-30,17(5)6)18(7)8)21(24)23(26-20)29-19-12-10-9-11-13-19/h9-13,15-18,20-24H,14H2,1-8H3/t20-,21+,22-,23-/m0/s1. The monoisotopic (exact) mass is 532 g/mol. The number of rotatable bonds is 6. The van der Waals surface area contributed by atoms with E-state index >= 15 is 0 Å². The normalized spacial score (nSPS) is 30.6. The third-order valence-corrected chi connectivity index (χ3v) is 19.3. The summed E-state index contributed by atoms with van der Waals surface area (Å²) >= 11 is -0.00353. The molecular formula is C23H40O5SeSi2. The van der Waals surface area contributed by atoms with Gasteiger partial charge in [-0.25, -0.2) is 0 Å². The van der Waals surface area contributed by atoms with Crippen LogP contribution in [-0.2, 0) is 17.7 Å². The van der Waals surface area contributed by atoms with E-state index in [2.05, 4.69) is 67.5 Å². The molecule has 1 aromatic rings. The third-order valence-electron chi connectivity index (χ3n) is 6.62. The molecule has 0 aromatic heterocycles. The Kier molecular flexibility index (Phi) is 8.32. The van der Waals surface area contributed by atoms with Crippen LogP contribution in [0.1, 0.15) is 55.4 Å². The molecule has 0 bridgehead atoms. The molecule has 0 saturated carbocycles. The molecule has 8 heteroatoms. The van der Waals surface area contributed by atoms with E-state index in [0.29, 0.717) is 17.7 Å². The molecule has 2 fully saturated rings. The van der Waals surface area contributed by atoms with Crippen molar-refractivity contribution in [2.45, 2.75) is 101 Å². The van der Waals surface area contributed by atoms with Gasteiger partial charge in [0.15, 0.2) is 0 Å². The summed E-state index contributed by atoms with van der Waals surface area (Å²) in [5.74, 6) is 0. The predicted octanol–water partition coefficient (Wildman–Crippen LogP) is 4.06. The second-order valence-electron chi connectivity index (χ2n) is 10.0. The fraction of sp³-hybridized carbons (Fsp3) is 0.739. The molecule has 4 atom stereocenters. The minimum atomic E-state index is -2.73. The van der Waals surface area contributed by atoms with Crippen molar-refractivity contribution in [3.63, 3.8) is 0 Å². The number of aliphatic hydroxyl groups is 1. The summed E-state index contributed by atoms with van der Waals surface area (Å²) in [6.45, 7) is 18.1. The predicted molar refractivity (Wildman–Crippen MR) is 130 cm³/mol. The quantitative estimate of drug-likeness (QED) is 0.562. The Bertz CT molecular complexity index is 699. The molecule has 0 unspecified atom stereocenters. The summed E-state index contributed by atoms with van der Waals surface area (Å²) in [5.41, 5.74) is 1.08.